The zero-order valence-electron chi connectivity index (χ0n) is 11.8. The molecule has 0 heterocycles. The Kier molecular flexibility index (Phi) is 4.08. The van der Waals surface area contributed by atoms with E-state index < -0.39 is 11.9 Å². The van der Waals surface area contributed by atoms with Crippen molar-refractivity contribution in [2.45, 2.75) is 19.8 Å². The second-order valence-corrected chi connectivity index (χ2v) is 5.19. The van der Waals surface area contributed by atoms with Crippen molar-refractivity contribution in [2.75, 3.05) is 0 Å². The molecule has 2 aromatic carbocycles. The third kappa shape index (κ3) is 3.28. The average molecular weight is 284 g/mol. The van der Waals surface area contributed by atoms with Gasteiger partial charge in [-0.2, -0.15) is 0 Å². The first kappa shape index (κ1) is 14.8. The number of carboxylic acids is 2. The van der Waals surface area contributed by atoms with Gasteiger partial charge in [0.05, 0.1) is 11.1 Å². The zero-order valence-corrected chi connectivity index (χ0v) is 11.8. The van der Waals surface area contributed by atoms with Crippen molar-refractivity contribution >= 4 is 11.9 Å². The number of benzene rings is 2. The molecule has 21 heavy (non-hydrogen) atoms. The van der Waals surface area contributed by atoms with Crippen LogP contribution in [0.25, 0.3) is 11.1 Å². The lowest BCUT2D eigenvalue weighted by molar-refractivity contribution is 0.0696. The summed E-state index contributed by atoms with van der Waals surface area (Å²) in [6.07, 6.45) is 0. The van der Waals surface area contributed by atoms with E-state index in [9.17, 15) is 9.59 Å². The number of hydrogen-bond acceptors (Lipinski definition) is 2. The summed E-state index contributed by atoms with van der Waals surface area (Å²) in [5.74, 6) is -1.88. The molecule has 4 heteroatoms. The van der Waals surface area contributed by atoms with Crippen molar-refractivity contribution in [3.63, 3.8) is 0 Å². The van der Waals surface area contributed by atoms with E-state index in [1.807, 2.05) is 24.3 Å². The Hall–Kier alpha value is -2.62. The molecule has 0 fully saturated rings. The summed E-state index contributed by atoms with van der Waals surface area (Å²) in [5, 5.41) is 18.2. The fourth-order valence-electron chi connectivity index (χ4n) is 2.10. The number of carbonyl (C=O) groups is 2. The summed E-state index contributed by atoms with van der Waals surface area (Å²) in [4.78, 5) is 22.2. The monoisotopic (exact) mass is 284 g/mol. The highest BCUT2D eigenvalue weighted by Gasteiger charge is 2.12. The van der Waals surface area contributed by atoms with Gasteiger partial charge in [-0.15, -0.1) is 0 Å². The summed E-state index contributed by atoms with van der Waals surface area (Å²) in [5.41, 5.74) is 2.50. The largest absolute Gasteiger partial charge is 0.478 e. The van der Waals surface area contributed by atoms with Crippen LogP contribution < -0.4 is 0 Å². The lowest BCUT2D eigenvalue weighted by Crippen LogP contribution is -2.03. The molecule has 4 nitrogen and oxygen atoms in total. The maximum Gasteiger partial charge on any atom is 0.335 e. The van der Waals surface area contributed by atoms with Crippen LogP contribution in [0, 0.1) is 0 Å². The first-order valence-corrected chi connectivity index (χ1v) is 6.60. The van der Waals surface area contributed by atoms with Crippen molar-refractivity contribution < 1.29 is 19.8 Å². The van der Waals surface area contributed by atoms with Crippen molar-refractivity contribution in [1.29, 1.82) is 0 Å². The molecule has 0 saturated heterocycles. The van der Waals surface area contributed by atoms with E-state index in [1.165, 1.54) is 17.7 Å². The SMILES string of the molecule is CC(C)c1ccc(-c2cc(C(=O)O)cc(C(=O)O)c2)cc1. The molecule has 0 aliphatic carbocycles. The quantitative estimate of drug-likeness (QED) is 0.893. The van der Waals surface area contributed by atoms with Crippen molar-refractivity contribution in [2.24, 2.45) is 0 Å². The van der Waals surface area contributed by atoms with E-state index in [0.29, 0.717) is 11.5 Å². The van der Waals surface area contributed by atoms with Crippen LogP contribution in [0.4, 0.5) is 0 Å². The molecule has 0 amide bonds. The van der Waals surface area contributed by atoms with Gasteiger partial charge < -0.3 is 10.2 Å². The van der Waals surface area contributed by atoms with E-state index in [-0.39, 0.29) is 11.1 Å². The van der Waals surface area contributed by atoms with E-state index in [0.717, 1.165) is 11.6 Å². The molecule has 108 valence electrons. The molecule has 0 aliphatic heterocycles. The molecule has 0 bridgehead atoms. The van der Waals surface area contributed by atoms with Gasteiger partial charge in [0.15, 0.2) is 0 Å². The van der Waals surface area contributed by atoms with Crippen LogP contribution in [0.2, 0.25) is 0 Å². The fraction of sp³-hybridized carbons (Fsp3) is 0.176. The minimum absolute atomic E-state index is 0.0298. The van der Waals surface area contributed by atoms with E-state index in [2.05, 4.69) is 13.8 Å². The average Bonchev–Trinajstić information content (AvgIpc) is 2.46. The van der Waals surface area contributed by atoms with Gasteiger partial charge in [-0.25, -0.2) is 9.59 Å². The van der Waals surface area contributed by atoms with Crippen molar-refractivity contribution in [3.8, 4) is 11.1 Å². The van der Waals surface area contributed by atoms with Gasteiger partial charge in [-0.3, -0.25) is 0 Å². The predicted octanol–water partition coefficient (Wildman–Crippen LogP) is 3.87. The van der Waals surface area contributed by atoms with Crippen LogP contribution in [-0.4, -0.2) is 22.2 Å². The molecule has 2 N–H and O–H groups in total. The summed E-state index contributed by atoms with van der Waals surface area (Å²) in [7, 11) is 0. The highest BCUT2D eigenvalue weighted by molar-refractivity contribution is 5.96. The summed E-state index contributed by atoms with van der Waals surface area (Å²) in [6, 6.07) is 11.8. The molecule has 0 spiro atoms. The van der Waals surface area contributed by atoms with Gasteiger partial charge in [-0.05, 0) is 40.8 Å². The number of rotatable bonds is 4. The second-order valence-electron chi connectivity index (χ2n) is 5.19. The minimum atomic E-state index is -1.14. The van der Waals surface area contributed by atoms with Crippen molar-refractivity contribution in [1.82, 2.24) is 0 Å². The Morgan fingerprint density at radius 2 is 1.29 bits per heavy atom. The first-order chi connectivity index (χ1) is 9.88. The van der Waals surface area contributed by atoms with Crippen LogP contribution in [0.15, 0.2) is 42.5 Å². The van der Waals surface area contributed by atoms with Crippen LogP contribution >= 0.6 is 0 Å². The predicted molar refractivity (Wildman–Crippen MR) is 79.9 cm³/mol. The zero-order chi connectivity index (χ0) is 15.6. The van der Waals surface area contributed by atoms with Crippen LogP contribution in [0.5, 0.6) is 0 Å². The summed E-state index contributed by atoms with van der Waals surface area (Å²) < 4.78 is 0. The van der Waals surface area contributed by atoms with Gasteiger partial charge in [0.2, 0.25) is 0 Å². The Morgan fingerprint density at radius 3 is 1.67 bits per heavy atom. The highest BCUT2D eigenvalue weighted by atomic mass is 16.4. The van der Waals surface area contributed by atoms with Crippen molar-refractivity contribution in [3.05, 3.63) is 59.2 Å². The molecule has 2 rings (SSSR count). The molecule has 0 aromatic heterocycles. The second kappa shape index (κ2) is 5.79. The lowest BCUT2D eigenvalue weighted by atomic mass is 9.96. The molecule has 0 unspecified atom stereocenters. The van der Waals surface area contributed by atoms with Crippen LogP contribution in [-0.2, 0) is 0 Å². The summed E-state index contributed by atoms with van der Waals surface area (Å²) >= 11 is 0. The molecular formula is C17H16O4. The number of aromatic carboxylic acids is 2. The molecule has 0 radical (unpaired) electrons. The standard InChI is InChI=1S/C17H16O4/c1-10(2)11-3-5-12(6-4-11)13-7-14(16(18)19)9-15(8-13)17(20)21/h3-10H,1-2H3,(H,18,19)(H,20,21). The Balaban J connectivity index is 2.51. The van der Waals surface area contributed by atoms with Gasteiger partial charge in [0.1, 0.15) is 0 Å². The Bertz CT molecular complexity index is 652. The normalized spacial score (nSPS) is 10.6. The lowest BCUT2D eigenvalue weighted by Gasteiger charge is -2.09. The Morgan fingerprint density at radius 1 is 0.810 bits per heavy atom. The van der Waals surface area contributed by atoms with E-state index in [1.54, 1.807) is 0 Å². The van der Waals surface area contributed by atoms with Gasteiger partial charge in [0, 0.05) is 0 Å². The minimum Gasteiger partial charge on any atom is -0.478 e. The molecule has 0 aliphatic rings. The summed E-state index contributed by atoms with van der Waals surface area (Å²) in [6.45, 7) is 4.17. The third-order valence-electron chi connectivity index (χ3n) is 3.34. The van der Waals surface area contributed by atoms with Gasteiger partial charge in [0.25, 0.3) is 0 Å². The number of hydrogen-bond donors (Lipinski definition) is 2. The first-order valence-electron chi connectivity index (χ1n) is 6.60. The Labute approximate surface area is 122 Å². The molecule has 0 saturated carbocycles. The molecule has 2 aromatic rings. The maximum absolute atomic E-state index is 11.1. The molecule has 0 atom stereocenters. The molecular weight excluding hydrogens is 268 g/mol. The fourth-order valence-corrected chi connectivity index (χ4v) is 2.10. The van der Waals surface area contributed by atoms with Gasteiger partial charge >= 0.3 is 11.9 Å². The van der Waals surface area contributed by atoms with Crippen LogP contribution in [0.3, 0.4) is 0 Å². The van der Waals surface area contributed by atoms with Crippen LogP contribution in [0.1, 0.15) is 46.0 Å². The highest BCUT2D eigenvalue weighted by Crippen LogP contribution is 2.25. The maximum atomic E-state index is 11.1. The van der Waals surface area contributed by atoms with E-state index in [4.69, 9.17) is 10.2 Å². The third-order valence-corrected chi connectivity index (χ3v) is 3.34. The van der Waals surface area contributed by atoms with E-state index >= 15 is 0 Å². The van der Waals surface area contributed by atoms with Gasteiger partial charge in [-0.1, -0.05) is 38.1 Å². The topological polar surface area (TPSA) is 74.6 Å². The number of carboxylic acid groups (broad SMARTS) is 2. The smallest absolute Gasteiger partial charge is 0.335 e.